The quantitative estimate of drug-likeness (QED) is 0.682. The fourth-order valence-electron chi connectivity index (χ4n) is 2.69. The molecule has 5 nitrogen and oxygen atoms in total. The molecule has 0 aromatic carbocycles. The molecule has 0 atom stereocenters. The number of carbonyl (C=O) groups excluding carboxylic acids is 1. The summed E-state index contributed by atoms with van der Waals surface area (Å²) in [6.07, 6.45) is 5.61. The Hall–Kier alpha value is -0.810. The minimum Gasteiger partial charge on any atom is -0.384 e. The Morgan fingerprint density at radius 3 is 2.67 bits per heavy atom. The Bertz CT molecular complexity index is 268. The second-order valence-electron chi connectivity index (χ2n) is 5.64. The van der Waals surface area contributed by atoms with E-state index in [4.69, 9.17) is 4.74 Å². The first-order valence-electron chi connectivity index (χ1n) is 6.98. The zero-order chi connectivity index (χ0) is 12.8. The molecule has 2 amide bonds. The van der Waals surface area contributed by atoms with Crippen molar-refractivity contribution in [1.82, 2.24) is 16.0 Å². The lowest BCUT2D eigenvalue weighted by molar-refractivity contribution is 0.0553. The van der Waals surface area contributed by atoms with E-state index in [-0.39, 0.29) is 11.4 Å². The summed E-state index contributed by atoms with van der Waals surface area (Å²) in [5.74, 6) is 0. The van der Waals surface area contributed by atoms with Crippen molar-refractivity contribution in [2.75, 3.05) is 33.4 Å². The summed E-state index contributed by atoms with van der Waals surface area (Å²) in [6.45, 7) is 3.45. The summed E-state index contributed by atoms with van der Waals surface area (Å²) in [5.41, 5.74) is 0.108. The van der Waals surface area contributed by atoms with Crippen LogP contribution in [-0.4, -0.2) is 45.4 Å². The third-order valence-corrected chi connectivity index (χ3v) is 4.18. The number of amides is 2. The molecule has 0 aromatic rings. The van der Waals surface area contributed by atoms with Gasteiger partial charge in [-0.3, -0.25) is 0 Å². The van der Waals surface area contributed by atoms with E-state index in [1.165, 1.54) is 6.42 Å². The normalized spacial score (nSPS) is 23.2. The largest absolute Gasteiger partial charge is 0.384 e. The molecule has 1 saturated carbocycles. The fourth-order valence-corrected chi connectivity index (χ4v) is 2.69. The van der Waals surface area contributed by atoms with E-state index in [2.05, 4.69) is 16.0 Å². The molecule has 0 bridgehead atoms. The maximum Gasteiger partial charge on any atom is 0.315 e. The van der Waals surface area contributed by atoms with Gasteiger partial charge in [-0.15, -0.1) is 0 Å². The van der Waals surface area contributed by atoms with Crippen molar-refractivity contribution in [3.8, 4) is 0 Å². The van der Waals surface area contributed by atoms with Crippen LogP contribution in [0, 0.1) is 5.41 Å². The molecular weight excluding hydrogens is 230 g/mol. The second-order valence-corrected chi connectivity index (χ2v) is 5.64. The van der Waals surface area contributed by atoms with Crippen LogP contribution < -0.4 is 16.0 Å². The average Bonchev–Trinajstić information content (AvgIpc) is 2.33. The summed E-state index contributed by atoms with van der Waals surface area (Å²) >= 11 is 0. The number of ether oxygens (including phenoxy) is 1. The number of rotatable bonds is 5. The lowest BCUT2D eigenvalue weighted by Crippen LogP contribution is -2.51. The van der Waals surface area contributed by atoms with E-state index < -0.39 is 0 Å². The van der Waals surface area contributed by atoms with Gasteiger partial charge in [0.25, 0.3) is 0 Å². The highest BCUT2D eigenvalue weighted by molar-refractivity contribution is 5.74. The molecule has 1 aliphatic heterocycles. The summed E-state index contributed by atoms with van der Waals surface area (Å²) in [6, 6.07) is 0.380. The standard InChI is InChI=1S/C13H25N3O2/c1-18-10-13(5-7-14-8-6-13)9-15-12(17)16-11-3-2-4-11/h11,14H,2-10H2,1H3,(H2,15,16,17). The van der Waals surface area contributed by atoms with Gasteiger partial charge in [0.05, 0.1) is 6.61 Å². The van der Waals surface area contributed by atoms with E-state index in [9.17, 15) is 4.79 Å². The Morgan fingerprint density at radius 2 is 2.11 bits per heavy atom. The first-order valence-corrected chi connectivity index (χ1v) is 6.98. The van der Waals surface area contributed by atoms with Crippen LogP contribution in [0.2, 0.25) is 0 Å². The van der Waals surface area contributed by atoms with Crippen LogP contribution in [0.15, 0.2) is 0 Å². The Morgan fingerprint density at radius 1 is 1.39 bits per heavy atom. The maximum atomic E-state index is 11.8. The molecule has 2 fully saturated rings. The van der Waals surface area contributed by atoms with Crippen LogP contribution in [0.4, 0.5) is 4.79 Å². The van der Waals surface area contributed by atoms with Gasteiger partial charge in [-0.05, 0) is 45.2 Å². The number of urea groups is 1. The summed E-state index contributed by atoms with van der Waals surface area (Å²) in [5, 5.41) is 9.38. The zero-order valence-corrected chi connectivity index (χ0v) is 11.3. The summed E-state index contributed by atoms with van der Waals surface area (Å²) < 4.78 is 5.33. The van der Waals surface area contributed by atoms with Gasteiger partial charge in [-0.1, -0.05) is 0 Å². The average molecular weight is 255 g/mol. The minimum absolute atomic E-state index is 0.0197. The third kappa shape index (κ3) is 3.59. The maximum absolute atomic E-state index is 11.8. The Labute approximate surface area is 109 Å². The van der Waals surface area contributed by atoms with Crippen molar-refractivity contribution in [2.24, 2.45) is 5.41 Å². The molecule has 0 aromatic heterocycles. The minimum atomic E-state index is -0.0197. The molecule has 0 radical (unpaired) electrons. The monoisotopic (exact) mass is 255 g/mol. The Balaban J connectivity index is 1.75. The molecule has 2 aliphatic rings. The molecule has 2 rings (SSSR count). The van der Waals surface area contributed by atoms with Crippen molar-refractivity contribution in [2.45, 2.75) is 38.1 Å². The number of hydrogen-bond donors (Lipinski definition) is 3. The number of piperidine rings is 1. The van der Waals surface area contributed by atoms with Crippen molar-refractivity contribution < 1.29 is 9.53 Å². The SMILES string of the molecule is COCC1(CNC(=O)NC2CCC2)CCNCC1. The zero-order valence-electron chi connectivity index (χ0n) is 11.3. The smallest absolute Gasteiger partial charge is 0.315 e. The molecular formula is C13H25N3O2. The van der Waals surface area contributed by atoms with E-state index in [1.54, 1.807) is 7.11 Å². The first kappa shape index (κ1) is 13.6. The molecule has 1 saturated heterocycles. The Kier molecular flexibility index (Phi) is 4.83. The molecule has 1 heterocycles. The predicted octanol–water partition coefficient (Wildman–Crippen LogP) is 0.854. The molecule has 5 heteroatoms. The number of carbonyl (C=O) groups is 1. The number of methoxy groups -OCH3 is 1. The lowest BCUT2D eigenvalue weighted by atomic mass is 9.79. The second kappa shape index (κ2) is 6.38. The molecule has 104 valence electrons. The molecule has 0 unspecified atom stereocenters. The van der Waals surface area contributed by atoms with Crippen LogP contribution in [0.5, 0.6) is 0 Å². The summed E-state index contributed by atoms with van der Waals surface area (Å²) in [4.78, 5) is 11.8. The highest BCUT2D eigenvalue weighted by Crippen LogP contribution is 2.28. The predicted molar refractivity (Wildman–Crippen MR) is 70.6 cm³/mol. The lowest BCUT2D eigenvalue weighted by Gasteiger charge is -2.37. The molecule has 3 N–H and O–H groups in total. The van der Waals surface area contributed by atoms with Crippen molar-refractivity contribution >= 4 is 6.03 Å². The van der Waals surface area contributed by atoms with Gasteiger partial charge in [0.1, 0.15) is 0 Å². The first-order chi connectivity index (χ1) is 8.74. The topological polar surface area (TPSA) is 62.4 Å². The van der Waals surface area contributed by atoms with Gasteiger partial charge in [0.15, 0.2) is 0 Å². The van der Waals surface area contributed by atoms with Crippen LogP contribution in [-0.2, 0) is 4.74 Å². The van der Waals surface area contributed by atoms with E-state index in [0.29, 0.717) is 12.6 Å². The molecule has 18 heavy (non-hydrogen) atoms. The van der Waals surface area contributed by atoms with E-state index in [1.807, 2.05) is 0 Å². The molecule has 1 aliphatic carbocycles. The van der Waals surface area contributed by atoms with Gasteiger partial charge in [0.2, 0.25) is 0 Å². The van der Waals surface area contributed by atoms with Gasteiger partial charge < -0.3 is 20.7 Å². The van der Waals surface area contributed by atoms with Crippen LogP contribution in [0.25, 0.3) is 0 Å². The van der Waals surface area contributed by atoms with E-state index in [0.717, 1.165) is 45.4 Å². The number of hydrogen-bond acceptors (Lipinski definition) is 3. The highest BCUT2D eigenvalue weighted by Gasteiger charge is 2.32. The van der Waals surface area contributed by atoms with Crippen molar-refractivity contribution in [3.63, 3.8) is 0 Å². The van der Waals surface area contributed by atoms with Gasteiger partial charge in [-0.2, -0.15) is 0 Å². The van der Waals surface area contributed by atoms with Crippen molar-refractivity contribution in [3.05, 3.63) is 0 Å². The fraction of sp³-hybridized carbons (Fsp3) is 0.923. The van der Waals surface area contributed by atoms with Gasteiger partial charge in [0, 0.05) is 25.1 Å². The van der Waals surface area contributed by atoms with Crippen LogP contribution in [0.1, 0.15) is 32.1 Å². The highest BCUT2D eigenvalue weighted by atomic mass is 16.5. The third-order valence-electron chi connectivity index (χ3n) is 4.18. The van der Waals surface area contributed by atoms with Crippen molar-refractivity contribution in [1.29, 1.82) is 0 Å². The van der Waals surface area contributed by atoms with Crippen LogP contribution >= 0.6 is 0 Å². The summed E-state index contributed by atoms with van der Waals surface area (Å²) in [7, 11) is 1.73. The van der Waals surface area contributed by atoms with Gasteiger partial charge in [-0.25, -0.2) is 4.79 Å². The van der Waals surface area contributed by atoms with Gasteiger partial charge >= 0.3 is 6.03 Å². The van der Waals surface area contributed by atoms with Crippen LogP contribution in [0.3, 0.4) is 0 Å². The molecule has 0 spiro atoms. The number of nitrogens with one attached hydrogen (secondary N) is 3. The van der Waals surface area contributed by atoms with E-state index >= 15 is 0 Å².